The molecule has 6 aromatic carbocycles. The van der Waals surface area contributed by atoms with E-state index in [1.54, 1.807) is 0 Å². The summed E-state index contributed by atoms with van der Waals surface area (Å²) in [5.41, 5.74) is 12.3. The van der Waals surface area contributed by atoms with Crippen LogP contribution >= 0.6 is 0 Å². The van der Waals surface area contributed by atoms with Crippen LogP contribution in [-0.2, 0) is 11.0 Å². The van der Waals surface area contributed by atoms with Gasteiger partial charge in [0, 0.05) is 51.9 Å². The molecule has 4 heterocycles. The molecule has 51 heavy (non-hydrogen) atoms. The summed E-state index contributed by atoms with van der Waals surface area (Å²) in [5, 5.41) is 7.01. The second kappa shape index (κ2) is 10.9. The number of hydrogen-bond acceptors (Lipinski definition) is 2. The fourth-order valence-corrected chi connectivity index (χ4v) is 9.61. The van der Waals surface area contributed by atoms with Gasteiger partial charge in [-0.1, -0.05) is 93.6 Å². The molecule has 1 aliphatic heterocycles. The fraction of sp³-hybridized carbons (Fsp3) is 0.188. The van der Waals surface area contributed by atoms with E-state index in [9.17, 15) is 0 Å². The molecule has 0 fully saturated rings. The Labute approximate surface area is 297 Å². The first-order chi connectivity index (χ1) is 24.9. The highest BCUT2D eigenvalue weighted by molar-refractivity contribution is 6.16. The van der Waals surface area contributed by atoms with Crippen molar-refractivity contribution in [1.82, 2.24) is 0 Å². The van der Waals surface area contributed by atoms with E-state index >= 15 is 0 Å². The average Bonchev–Trinajstić information content (AvgIpc) is 3.73. The molecule has 3 nitrogen and oxygen atoms in total. The number of benzene rings is 6. The zero-order chi connectivity index (χ0) is 34.5. The number of nitrogens with zero attached hydrogens (tertiary/aromatic N) is 1. The van der Waals surface area contributed by atoms with Gasteiger partial charge in [0.1, 0.15) is 22.3 Å². The molecule has 1 unspecified atom stereocenters. The molecule has 0 saturated carbocycles. The number of hydrogen-bond donors (Lipinski definition) is 0. The van der Waals surface area contributed by atoms with E-state index in [4.69, 9.17) is 8.83 Å². The average molecular weight is 663 g/mol. The Bertz CT molecular complexity index is 2830. The third-order valence-corrected chi connectivity index (χ3v) is 12.6. The van der Waals surface area contributed by atoms with Crippen molar-refractivity contribution in [3.8, 4) is 33.5 Å². The lowest BCUT2D eigenvalue weighted by Gasteiger charge is -2.48. The molecule has 3 heteroatoms. The molecular weight excluding hydrogens is 623 g/mol. The minimum absolute atomic E-state index is 0.0191. The first-order valence-electron chi connectivity index (χ1n) is 18.4. The third kappa shape index (κ3) is 4.15. The normalized spacial score (nSPS) is 16.7. The smallest absolute Gasteiger partial charge is 0.213 e. The Balaban J connectivity index is 1.16. The van der Waals surface area contributed by atoms with Crippen LogP contribution in [0.2, 0.25) is 0 Å². The van der Waals surface area contributed by atoms with Gasteiger partial charge in [-0.2, -0.15) is 4.57 Å². The van der Waals surface area contributed by atoms with Crippen molar-refractivity contribution in [3.63, 3.8) is 0 Å². The van der Waals surface area contributed by atoms with Crippen LogP contribution < -0.4 is 4.57 Å². The van der Waals surface area contributed by atoms with Crippen molar-refractivity contribution >= 4 is 54.6 Å². The quantitative estimate of drug-likeness (QED) is 0.172. The SMILES string of the molecule is CCC1(C)c2ccc(-c3ccc4oc5cc6oc7ccc(-c8ccccc8)cc7c6cc5c4c3)cc2-c2cc3ccccc3c[n+]2C1(CC)CC. The molecule has 0 amide bonds. The van der Waals surface area contributed by atoms with Gasteiger partial charge in [-0.05, 0) is 89.0 Å². The fourth-order valence-electron chi connectivity index (χ4n) is 9.61. The first-order valence-corrected chi connectivity index (χ1v) is 18.4. The van der Waals surface area contributed by atoms with Crippen molar-refractivity contribution in [2.75, 3.05) is 0 Å². The van der Waals surface area contributed by atoms with Crippen LogP contribution in [-0.4, -0.2) is 0 Å². The zero-order valence-electron chi connectivity index (χ0n) is 29.6. The Morgan fingerprint density at radius 2 is 1.06 bits per heavy atom. The van der Waals surface area contributed by atoms with Gasteiger partial charge in [-0.15, -0.1) is 0 Å². The largest absolute Gasteiger partial charge is 0.456 e. The second-order valence-electron chi connectivity index (χ2n) is 14.7. The third-order valence-electron chi connectivity index (χ3n) is 12.6. The van der Waals surface area contributed by atoms with Gasteiger partial charge in [0.2, 0.25) is 5.69 Å². The molecule has 0 radical (unpaired) electrons. The topological polar surface area (TPSA) is 30.2 Å². The Hall–Kier alpha value is -5.67. The van der Waals surface area contributed by atoms with Gasteiger partial charge < -0.3 is 8.83 Å². The van der Waals surface area contributed by atoms with Gasteiger partial charge in [-0.25, -0.2) is 0 Å². The number of rotatable bonds is 5. The standard InChI is InChI=1S/C48H40NO2/c1-5-47(4)41-20-17-33(25-40(41)42-26-31-15-11-12-16-35(31)29-49(42)48(47,6-2)7-3)34-19-22-44-37(24-34)39-27-38-36-23-32(30-13-9-8-10-14-30)18-21-43(36)50-45(38)28-46(39)51-44/h8-29H,5-7H2,1-4H3/q+1. The summed E-state index contributed by atoms with van der Waals surface area (Å²) >= 11 is 0. The maximum Gasteiger partial charge on any atom is 0.213 e. The van der Waals surface area contributed by atoms with Crippen molar-refractivity contribution in [3.05, 3.63) is 139 Å². The van der Waals surface area contributed by atoms with Crippen LogP contribution in [0.25, 0.3) is 88.2 Å². The Morgan fingerprint density at radius 3 is 1.71 bits per heavy atom. The summed E-state index contributed by atoms with van der Waals surface area (Å²) in [6, 6.07) is 46.4. The van der Waals surface area contributed by atoms with Gasteiger partial charge in [0.05, 0.1) is 11.0 Å². The molecule has 9 aromatic rings. The number of fused-ring (bicyclic) bond motifs is 10. The van der Waals surface area contributed by atoms with Crippen LogP contribution in [0.5, 0.6) is 0 Å². The first kappa shape index (κ1) is 30.2. The predicted molar refractivity (Wildman–Crippen MR) is 211 cm³/mol. The minimum atomic E-state index is -0.0195. The molecule has 1 aliphatic rings. The molecule has 3 aromatic heterocycles. The lowest BCUT2D eigenvalue weighted by Crippen LogP contribution is -2.68. The van der Waals surface area contributed by atoms with Crippen molar-refractivity contribution in [2.45, 2.75) is 57.9 Å². The van der Waals surface area contributed by atoms with Crippen LogP contribution in [0.3, 0.4) is 0 Å². The molecule has 1 atom stereocenters. The summed E-state index contributed by atoms with van der Waals surface area (Å²) in [5.74, 6) is 0. The maximum atomic E-state index is 6.44. The summed E-state index contributed by atoms with van der Waals surface area (Å²) in [6.07, 6.45) is 5.63. The highest BCUT2D eigenvalue weighted by Crippen LogP contribution is 2.52. The van der Waals surface area contributed by atoms with E-state index in [0.29, 0.717) is 0 Å². The molecular formula is C48H40NO2+. The summed E-state index contributed by atoms with van der Waals surface area (Å²) in [7, 11) is 0. The van der Waals surface area contributed by atoms with Crippen molar-refractivity contribution in [1.29, 1.82) is 0 Å². The lowest BCUT2D eigenvalue weighted by molar-refractivity contribution is -0.768. The minimum Gasteiger partial charge on any atom is -0.456 e. The highest BCUT2D eigenvalue weighted by Gasteiger charge is 2.58. The van der Waals surface area contributed by atoms with Gasteiger partial charge in [-0.3, -0.25) is 0 Å². The van der Waals surface area contributed by atoms with E-state index < -0.39 is 0 Å². The van der Waals surface area contributed by atoms with E-state index in [1.807, 2.05) is 0 Å². The second-order valence-corrected chi connectivity index (χ2v) is 14.7. The highest BCUT2D eigenvalue weighted by atomic mass is 16.3. The van der Waals surface area contributed by atoms with Crippen LogP contribution in [0.4, 0.5) is 0 Å². The molecule has 10 rings (SSSR count). The monoisotopic (exact) mass is 662 g/mol. The van der Waals surface area contributed by atoms with Gasteiger partial charge >= 0.3 is 0 Å². The molecule has 0 spiro atoms. The number of pyridine rings is 1. The van der Waals surface area contributed by atoms with E-state index in [1.165, 1.54) is 49.8 Å². The van der Waals surface area contributed by atoms with E-state index in [2.05, 4.69) is 166 Å². The zero-order valence-corrected chi connectivity index (χ0v) is 29.6. The van der Waals surface area contributed by atoms with E-state index in [-0.39, 0.29) is 11.0 Å². The molecule has 0 aliphatic carbocycles. The Morgan fingerprint density at radius 1 is 0.490 bits per heavy atom. The lowest BCUT2D eigenvalue weighted by atomic mass is 9.58. The van der Waals surface area contributed by atoms with Crippen LogP contribution in [0, 0.1) is 0 Å². The maximum absolute atomic E-state index is 6.44. The predicted octanol–water partition coefficient (Wildman–Crippen LogP) is 13.1. The molecule has 0 N–H and O–H groups in total. The summed E-state index contributed by atoms with van der Waals surface area (Å²) in [4.78, 5) is 0. The van der Waals surface area contributed by atoms with Crippen molar-refractivity contribution in [2.24, 2.45) is 0 Å². The molecule has 0 saturated heterocycles. The molecule has 0 bridgehead atoms. The van der Waals surface area contributed by atoms with Gasteiger partial charge in [0.15, 0.2) is 11.7 Å². The van der Waals surface area contributed by atoms with Crippen LogP contribution in [0.1, 0.15) is 52.5 Å². The van der Waals surface area contributed by atoms with Gasteiger partial charge in [0.25, 0.3) is 0 Å². The van der Waals surface area contributed by atoms with Crippen molar-refractivity contribution < 1.29 is 13.4 Å². The summed E-state index contributed by atoms with van der Waals surface area (Å²) < 4.78 is 15.4. The number of furan rings is 2. The van der Waals surface area contributed by atoms with E-state index in [0.717, 1.165) is 63.1 Å². The molecule has 248 valence electrons. The Kier molecular flexibility index (Phi) is 6.46. The summed E-state index contributed by atoms with van der Waals surface area (Å²) in [6.45, 7) is 9.60. The number of aromatic nitrogens is 1. The van der Waals surface area contributed by atoms with Crippen LogP contribution in [0.15, 0.2) is 142 Å².